The van der Waals surface area contributed by atoms with Gasteiger partial charge in [0.25, 0.3) is 0 Å². The molecule has 118 valence electrons. The van der Waals surface area contributed by atoms with Crippen LogP contribution in [-0.2, 0) is 14.1 Å². The van der Waals surface area contributed by atoms with Gasteiger partial charge < -0.3 is 25.4 Å². The average Bonchev–Trinajstić information content (AvgIpc) is 2.80. The van der Waals surface area contributed by atoms with E-state index in [9.17, 15) is 9.90 Å². The normalized spacial score (nSPS) is 26.1. The Kier molecular flexibility index (Phi) is 8.66. The Bertz CT molecular complexity index is 416. The van der Waals surface area contributed by atoms with Gasteiger partial charge in [-0.1, -0.05) is 0 Å². The molecule has 0 aromatic heterocycles. The third-order valence-electron chi connectivity index (χ3n) is 2.78. The van der Waals surface area contributed by atoms with E-state index in [4.69, 9.17) is 20.3 Å². The van der Waals surface area contributed by atoms with Crippen LogP contribution in [-0.4, -0.2) is 41.8 Å². The van der Waals surface area contributed by atoms with Gasteiger partial charge in [-0.15, -0.1) is 11.4 Å². The number of amides is 1. The van der Waals surface area contributed by atoms with E-state index < -0.39 is 18.1 Å². The number of ether oxygens (including phenoxy) is 1. The standard InChI is InChI=1S/C12H20N3O4PS/c1-8(12(14)17)6-15-11-5-9(16)10(19-11)7-18-20-21-4-2-3-13/h6,9-11,15-16,20H,2,4-5,7H2,1H3,(H2,14,17)/b8-6-/t9-,10-,11-/m1/s1. The lowest BCUT2D eigenvalue weighted by Crippen LogP contribution is -2.27. The number of hydrogen-bond acceptors (Lipinski definition) is 7. The molecule has 4 N–H and O–H groups in total. The molecular weight excluding hydrogens is 313 g/mol. The largest absolute Gasteiger partial charge is 0.390 e. The van der Waals surface area contributed by atoms with E-state index in [-0.39, 0.29) is 14.2 Å². The van der Waals surface area contributed by atoms with E-state index in [0.717, 1.165) is 5.75 Å². The average molecular weight is 333 g/mol. The molecule has 1 amide bonds. The molecule has 1 unspecified atom stereocenters. The number of primary amides is 1. The topological polar surface area (TPSA) is 118 Å². The van der Waals surface area contributed by atoms with Gasteiger partial charge in [-0.3, -0.25) is 4.79 Å². The molecule has 1 saturated heterocycles. The Morgan fingerprint density at radius 1 is 1.76 bits per heavy atom. The summed E-state index contributed by atoms with van der Waals surface area (Å²) in [5.41, 5.74) is 5.50. The molecule has 0 saturated carbocycles. The summed E-state index contributed by atoms with van der Waals surface area (Å²) in [6.07, 6.45) is 1.04. The maximum Gasteiger partial charge on any atom is 0.245 e. The third kappa shape index (κ3) is 7.11. The van der Waals surface area contributed by atoms with Gasteiger partial charge in [0.05, 0.1) is 26.8 Å². The quantitative estimate of drug-likeness (QED) is 0.321. The molecule has 9 heteroatoms. The summed E-state index contributed by atoms with van der Waals surface area (Å²) in [5.74, 6) is 0.237. The fraction of sp³-hybridized carbons (Fsp3) is 0.667. The van der Waals surface area contributed by atoms with Crippen molar-refractivity contribution in [3.63, 3.8) is 0 Å². The zero-order valence-electron chi connectivity index (χ0n) is 11.7. The van der Waals surface area contributed by atoms with Gasteiger partial charge in [0.2, 0.25) is 5.91 Å². The molecule has 0 aromatic rings. The van der Waals surface area contributed by atoms with Crippen LogP contribution < -0.4 is 11.1 Å². The zero-order chi connectivity index (χ0) is 15.7. The predicted molar refractivity (Wildman–Crippen MR) is 82.3 cm³/mol. The van der Waals surface area contributed by atoms with Gasteiger partial charge in [0.1, 0.15) is 12.3 Å². The van der Waals surface area contributed by atoms with Gasteiger partial charge in [0.15, 0.2) is 0 Å². The van der Waals surface area contributed by atoms with Crippen LogP contribution >= 0.6 is 19.4 Å². The Hall–Kier alpha value is -0.840. The van der Waals surface area contributed by atoms with Crippen LogP contribution in [0.2, 0.25) is 0 Å². The number of nitrogens with one attached hydrogen (secondary N) is 1. The molecule has 1 heterocycles. The maximum atomic E-state index is 10.9. The van der Waals surface area contributed by atoms with Crippen molar-refractivity contribution in [3.05, 3.63) is 11.8 Å². The van der Waals surface area contributed by atoms with Crippen molar-refractivity contribution in [1.82, 2.24) is 5.32 Å². The van der Waals surface area contributed by atoms with Crippen LogP contribution in [0.1, 0.15) is 19.8 Å². The minimum atomic E-state index is -0.612. The molecule has 0 bridgehead atoms. The molecule has 1 rings (SSSR count). The Labute approximate surface area is 129 Å². The molecule has 0 spiro atoms. The molecule has 0 aliphatic carbocycles. The second-order valence-electron chi connectivity index (χ2n) is 4.48. The van der Waals surface area contributed by atoms with Crippen LogP contribution in [0.5, 0.6) is 0 Å². The first-order valence-corrected chi connectivity index (χ1v) is 9.08. The van der Waals surface area contributed by atoms with Gasteiger partial charge >= 0.3 is 0 Å². The summed E-state index contributed by atoms with van der Waals surface area (Å²) in [6, 6.07) is 2.06. The molecule has 0 aromatic carbocycles. The fourth-order valence-electron chi connectivity index (χ4n) is 1.57. The van der Waals surface area contributed by atoms with Crippen molar-refractivity contribution >= 4 is 25.3 Å². The van der Waals surface area contributed by atoms with Crippen molar-refractivity contribution in [1.29, 1.82) is 5.26 Å². The third-order valence-corrected chi connectivity index (χ3v) is 4.91. The number of aliphatic hydroxyl groups is 1. The lowest BCUT2D eigenvalue weighted by Gasteiger charge is -2.15. The summed E-state index contributed by atoms with van der Waals surface area (Å²) in [5, 5.41) is 21.2. The number of aliphatic hydroxyl groups excluding tert-OH is 1. The predicted octanol–water partition coefficient (Wildman–Crippen LogP) is 0.613. The minimum absolute atomic E-state index is 0.225. The number of carbonyl (C=O) groups excluding carboxylic acids is 1. The van der Waals surface area contributed by atoms with Crippen LogP contribution in [0.4, 0.5) is 0 Å². The first kappa shape index (κ1) is 18.2. The van der Waals surface area contributed by atoms with Gasteiger partial charge in [-0.25, -0.2) is 0 Å². The van der Waals surface area contributed by atoms with Gasteiger partial charge in [0, 0.05) is 30.4 Å². The zero-order valence-corrected chi connectivity index (χ0v) is 13.6. The summed E-state index contributed by atoms with van der Waals surface area (Å²) in [6.45, 7) is 1.90. The van der Waals surface area contributed by atoms with Crippen molar-refractivity contribution < 1.29 is 19.2 Å². The molecule has 4 atom stereocenters. The molecule has 1 fully saturated rings. The SMILES string of the molecule is C/C(=C/N[C@H]1C[C@@H](O)[C@@H](COPSCCC#N)O1)C(N)=O. The van der Waals surface area contributed by atoms with Crippen LogP contribution in [0.15, 0.2) is 11.8 Å². The fourth-order valence-corrected chi connectivity index (χ4v) is 3.17. The molecule has 1 aliphatic heterocycles. The van der Waals surface area contributed by atoms with E-state index in [0.29, 0.717) is 25.0 Å². The highest BCUT2D eigenvalue weighted by atomic mass is 32.7. The number of rotatable bonds is 9. The van der Waals surface area contributed by atoms with E-state index in [1.807, 2.05) is 0 Å². The highest BCUT2D eigenvalue weighted by Gasteiger charge is 2.33. The second-order valence-corrected chi connectivity index (χ2v) is 6.99. The molecule has 0 radical (unpaired) electrons. The van der Waals surface area contributed by atoms with Crippen molar-refractivity contribution in [3.8, 4) is 6.07 Å². The Morgan fingerprint density at radius 3 is 3.19 bits per heavy atom. The van der Waals surface area contributed by atoms with Gasteiger partial charge in [-0.2, -0.15) is 5.26 Å². The monoisotopic (exact) mass is 333 g/mol. The van der Waals surface area contributed by atoms with E-state index in [2.05, 4.69) is 11.4 Å². The summed E-state index contributed by atoms with van der Waals surface area (Å²) >= 11 is 1.55. The van der Waals surface area contributed by atoms with E-state index >= 15 is 0 Å². The molecule has 7 nitrogen and oxygen atoms in total. The van der Waals surface area contributed by atoms with Crippen molar-refractivity contribution in [2.45, 2.75) is 38.2 Å². The lowest BCUT2D eigenvalue weighted by molar-refractivity contribution is -0.114. The first-order valence-electron chi connectivity index (χ1n) is 6.46. The van der Waals surface area contributed by atoms with Gasteiger partial charge in [-0.05, 0) is 6.92 Å². The van der Waals surface area contributed by atoms with Crippen LogP contribution in [0.3, 0.4) is 0 Å². The summed E-state index contributed by atoms with van der Waals surface area (Å²) in [7, 11) is 0.225. The van der Waals surface area contributed by atoms with Crippen LogP contribution in [0.25, 0.3) is 0 Å². The number of carbonyl (C=O) groups is 1. The maximum absolute atomic E-state index is 10.9. The van der Waals surface area contributed by atoms with E-state index in [1.54, 1.807) is 18.3 Å². The van der Waals surface area contributed by atoms with Crippen molar-refractivity contribution in [2.24, 2.45) is 5.73 Å². The smallest absolute Gasteiger partial charge is 0.245 e. The van der Waals surface area contributed by atoms with Crippen molar-refractivity contribution in [2.75, 3.05) is 12.4 Å². The second kappa shape index (κ2) is 9.98. The highest BCUT2D eigenvalue weighted by molar-refractivity contribution is 8.48. The number of nitriles is 1. The first-order chi connectivity index (χ1) is 10.0. The number of nitrogens with two attached hydrogens (primary N) is 1. The Morgan fingerprint density at radius 2 is 2.52 bits per heavy atom. The van der Waals surface area contributed by atoms with Crippen LogP contribution in [0, 0.1) is 11.3 Å². The molecule has 1 aliphatic rings. The summed E-state index contributed by atoms with van der Waals surface area (Å²) in [4.78, 5) is 10.9. The number of nitrogens with zero attached hydrogens (tertiary/aromatic N) is 1. The van der Waals surface area contributed by atoms with E-state index in [1.165, 1.54) is 6.20 Å². The molecule has 21 heavy (non-hydrogen) atoms. The summed E-state index contributed by atoms with van der Waals surface area (Å²) < 4.78 is 11.0. The minimum Gasteiger partial charge on any atom is -0.390 e. The number of hydrogen-bond donors (Lipinski definition) is 3. The lowest BCUT2D eigenvalue weighted by atomic mass is 10.2. The molecular formula is C12H20N3O4PS. The Balaban J connectivity index is 2.22. The highest BCUT2D eigenvalue weighted by Crippen LogP contribution is 2.32.